The third-order valence-electron chi connectivity index (χ3n) is 5.92. The highest BCUT2D eigenvalue weighted by molar-refractivity contribution is 7.26. The van der Waals surface area contributed by atoms with Crippen LogP contribution in [-0.2, 0) is 6.37 Å². The monoisotopic (exact) mass is 433 g/mol. The van der Waals surface area contributed by atoms with E-state index in [1.165, 1.54) is 41.7 Å². The van der Waals surface area contributed by atoms with Gasteiger partial charge in [-0.05, 0) is 63.2 Å². The minimum absolute atomic E-state index is 0.516. The van der Waals surface area contributed by atoms with E-state index in [-0.39, 0.29) is 0 Å². The van der Waals surface area contributed by atoms with Gasteiger partial charge in [-0.3, -0.25) is 4.98 Å². The molecular weight excluding hydrogens is 406 g/mol. The summed E-state index contributed by atoms with van der Waals surface area (Å²) in [5.74, 6) is 0. The Labute approximate surface area is 195 Å². The lowest BCUT2D eigenvalue weighted by Gasteiger charge is -2.18. The lowest BCUT2D eigenvalue weighted by atomic mass is 9.88. The molecule has 0 amide bonds. The molecule has 0 N–H and O–H groups in total. The van der Waals surface area contributed by atoms with Crippen LogP contribution in [0.15, 0.2) is 85.1 Å². The predicted octanol–water partition coefficient (Wildman–Crippen LogP) is 9.01. The second-order valence-electron chi connectivity index (χ2n) is 9.45. The zero-order valence-corrected chi connectivity index (χ0v) is 19.3. The molecule has 0 aliphatic rings. The number of nitrogens with zero attached hydrogens (tertiary/aromatic N) is 1. The molecule has 0 atom stereocenters. The van der Waals surface area contributed by atoms with Crippen LogP contribution in [0.5, 0.6) is 0 Å². The predicted molar refractivity (Wildman–Crippen MR) is 141 cm³/mol. The fraction of sp³-hybridized carbons (Fsp3) is 0.167. The SMILES string of the molecule is [2H]C([2H])(c1ccnc(-c2cccc3c2sc2cc4c(ccc5ccccc54)cc23)c1)C(C)(C)C. The van der Waals surface area contributed by atoms with Crippen LogP contribution in [0.25, 0.3) is 53.0 Å². The molecule has 0 aliphatic carbocycles. The van der Waals surface area contributed by atoms with Gasteiger partial charge in [-0.2, -0.15) is 0 Å². The highest BCUT2D eigenvalue weighted by Crippen LogP contribution is 2.42. The molecule has 0 bridgehead atoms. The van der Waals surface area contributed by atoms with E-state index in [0.717, 1.165) is 11.3 Å². The molecule has 32 heavy (non-hydrogen) atoms. The van der Waals surface area contributed by atoms with Gasteiger partial charge in [0.05, 0.1) is 5.69 Å². The summed E-state index contributed by atoms with van der Waals surface area (Å²) in [5, 5.41) is 7.53. The van der Waals surface area contributed by atoms with E-state index in [9.17, 15) is 0 Å². The van der Waals surface area contributed by atoms with Crippen molar-refractivity contribution in [1.82, 2.24) is 4.98 Å². The van der Waals surface area contributed by atoms with Crippen molar-refractivity contribution in [2.24, 2.45) is 5.41 Å². The van der Waals surface area contributed by atoms with Crippen molar-refractivity contribution in [3.05, 3.63) is 90.6 Å². The summed E-state index contributed by atoms with van der Waals surface area (Å²) in [5.41, 5.74) is 2.02. The number of rotatable bonds is 2. The smallest absolute Gasteiger partial charge is 0.0719 e. The first kappa shape index (κ1) is 17.3. The molecule has 0 aliphatic heterocycles. The third kappa shape index (κ3) is 3.27. The van der Waals surface area contributed by atoms with Gasteiger partial charge < -0.3 is 0 Å². The number of aromatic nitrogens is 1. The Morgan fingerprint density at radius 2 is 1.59 bits per heavy atom. The number of benzene rings is 4. The minimum Gasteiger partial charge on any atom is -0.256 e. The Kier molecular flexibility index (Phi) is 3.87. The second-order valence-corrected chi connectivity index (χ2v) is 10.5. The van der Waals surface area contributed by atoms with Gasteiger partial charge in [-0.15, -0.1) is 11.3 Å². The molecule has 0 spiro atoms. The molecule has 2 aromatic heterocycles. The first-order valence-corrected chi connectivity index (χ1v) is 11.8. The largest absolute Gasteiger partial charge is 0.256 e. The summed E-state index contributed by atoms with van der Waals surface area (Å²) in [4.78, 5) is 4.66. The molecule has 0 saturated carbocycles. The van der Waals surface area contributed by atoms with Gasteiger partial charge >= 0.3 is 0 Å². The van der Waals surface area contributed by atoms with Crippen LogP contribution in [0.4, 0.5) is 0 Å². The summed E-state index contributed by atoms with van der Waals surface area (Å²) < 4.78 is 19.9. The molecule has 6 rings (SSSR count). The molecule has 1 nitrogen and oxygen atoms in total. The van der Waals surface area contributed by atoms with Crippen LogP contribution in [0, 0.1) is 5.41 Å². The summed E-state index contributed by atoms with van der Waals surface area (Å²) >= 11 is 1.79. The maximum Gasteiger partial charge on any atom is 0.0719 e. The molecule has 0 unspecified atom stereocenters. The topological polar surface area (TPSA) is 12.9 Å². The van der Waals surface area contributed by atoms with Gasteiger partial charge in [0.25, 0.3) is 0 Å². The quantitative estimate of drug-likeness (QED) is 0.248. The van der Waals surface area contributed by atoms with E-state index in [0.29, 0.717) is 5.56 Å². The highest BCUT2D eigenvalue weighted by atomic mass is 32.1. The van der Waals surface area contributed by atoms with E-state index in [1.807, 2.05) is 26.8 Å². The lowest BCUT2D eigenvalue weighted by Crippen LogP contribution is -2.09. The minimum atomic E-state index is -1.46. The molecule has 156 valence electrons. The van der Waals surface area contributed by atoms with Gasteiger partial charge in [0.1, 0.15) is 0 Å². The van der Waals surface area contributed by atoms with Crippen LogP contribution in [0.2, 0.25) is 0 Å². The fourth-order valence-electron chi connectivity index (χ4n) is 4.59. The Morgan fingerprint density at radius 1 is 0.781 bits per heavy atom. The van der Waals surface area contributed by atoms with Crippen LogP contribution in [-0.4, -0.2) is 4.98 Å². The number of fused-ring (bicyclic) bond motifs is 6. The highest BCUT2D eigenvalue weighted by Gasteiger charge is 2.15. The number of hydrogen-bond acceptors (Lipinski definition) is 2. The van der Waals surface area contributed by atoms with Crippen molar-refractivity contribution >= 4 is 53.1 Å². The average Bonchev–Trinajstić information content (AvgIpc) is 3.19. The first-order chi connectivity index (χ1) is 16.2. The zero-order valence-electron chi connectivity index (χ0n) is 20.4. The lowest BCUT2D eigenvalue weighted by molar-refractivity contribution is 0.411. The average molecular weight is 434 g/mol. The van der Waals surface area contributed by atoms with Crippen molar-refractivity contribution in [3.8, 4) is 11.3 Å². The van der Waals surface area contributed by atoms with Crippen molar-refractivity contribution in [3.63, 3.8) is 0 Å². The molecule has 0 radical (unpaired) electrons. The zero-order chi connectivity index (χ0) is 23.7. The van der Waals surface area contributed by atoms with Gasteiger partial charge in [0, 0.05) is 34.7 Å². The Hall–Kier alpha value is -3.23. The summed E-state index contributed by atoms with van der Waals surface area (Å²) in [6, 6.07) is 27.7. The Morgan fingerprint density at radius 3 is 2.47 bits per heavy atom. The van der Waals surface area contributed by atoms with Gasteiger partial charge in [0.15, 0.2) is 0 Å². The fourth-order valence-corrected chi connectivity index (χ4v) is 5.84. The third-order valence-corrected chi connectivity index (χ3v) is 7.12. The van der Waals surface area contributed by atoms with Crippen molar-refractivity contribution in [2.75, 3.05) is 0 Å². The normalized spacial score (nSPS) is 13.7. The van der Waals surface area contributed by atoms with E-state index < -0.39 is 11.8 Å². The maximum atomic E-state index is 8.72. The van der Waals surface area contributed by atoms with Gasteiger partial charge in [-0.25, -0.2) is 0 Å². The standard InChI is InChI=1S/C30H25NS/c1-30(2,3)18-19-13-14-31-27(15-19)24-10-6-9-23-26-16-21-12-11-20-7-4-5-8-22(20)25(21)17-28(26)32-29(23)24/h4-17H,18H2,1-3H3/i18D2. The van der Waals surface area contributed by atoms with E-state index in [2.05, 4.69) is 71.7 Å². The van der Waals surface area contributed by atoms with Gasteiger partial charge in [0.2, 0.25) is 0 Å². The molecule has 0 saturated heterocycles. The van der Waals surface area contributed by atoms with E-state index in [4.69, 9.17) is 2.74 Å². The Balaban J connectivity index is 1.59. The van der Waals surface area contributed by atoms with Crippen LogP contribution >= 0.6 is 11.3 Å². The van der Waals surface area contributed by atoms with Crippen LogP contribution in [0.1, 0.15) is 29.1 Å². The van der Waals surface area contributed by atoms with Gasteiger partial charge in [-0.1, -0.05) is 75.4 Å². The molecule has 6 aromatic rings. The molecule has 4 aromatic carbocycles. The Bertz CT molecular complexity index is 1720. The van der Waals surface area contributed by atoms with Crippen molar-refractivity contribution < 1.29 is 2.74 Å². The van der Waals surface area contributed by atoms with Crippen LogP contribution in [0.3, 0.4) is 0 Å². The molecule has 0 fully saturated rings. The van der Waals surface area contributed by atoms with E-state index in [1.54, 1.807) is 23.6 Å². The molecule has 2 heterocycles. The summed E-state index contributed by atoms with van der Waals surface area (Å²) in [7, 11) is 0. The second kappa shape index (κ2) is 7.15. The van der Waals surface area contributed by atoms with E-state index >= 15 is 0 Å². The maximum absolute atomic E-state index is 8.72. The van der Waals surface area contributed by atoms with Crippen LogP contribution < -0.4 is 0 Å². The number of pyridine rings is 1. The molecule has 2 heteroatoms. The summed E-state index contributed by atoms with van der Waals surface area (Å²) in [6.07, 6.45) is 0.276. The first-order valence-electron chi connectivity index (χ1n) is 12.0. The molecular formula is C30H25NS. The van der Waals surface area contributed by atoms with Crippen molar-refractivity contribution in [1.29, 1.82) is 0 Å². The summed E-state index contributed by atoms with van der Waals surface area (Å²) in [6.45, 7) is 5.82. The number of hydrogen-bond donors (Lipinski definition) is 0. The number of thiophene rings is 1. The van der Waals surface area contributed by atoms with Crippen molar-refractivity contribution in [2.45, 2.75) is 27.1 Å².